The molecule has 0 saturated carbocycles. The maximum absolute atomic E-state index is 13.9. The summed E-state index contributed by atoms with van der Waals surface area (Å²) in [6, 6.07) is 7.62. The third-order valence-electron chi connectivity index (χ3n) is 11.2. The van der Waals surface area contributed by atoms with Crippen molar-refractivity contribution < 1.29 is 43.0 Å². The monoisotopic (exact) mass is 944 g/mol. The molecule has 0 fully saturated rings. The van der Waals surface area contributed by atoms with E-state index in [-0.39, 0.29) is 91.0 Å². The summed E-state index contributed by atoms with van der Waals surface area (Å²) in [5.74, 6) is -2.81. The minimum atomic E-state index is -0.749. The topological polar surface area (TPSA) is 292 Å². The maximum Gasteiger partial charge on any atom is 0.293 e. The van der Waals surface area contributed by atoms with Crippen LogP contribution in [0.3, 0.4) is 0 Å². The molecule has 6 aromatic rings. The van der Waals surface area contributed by atoms with Crippen molar-refractivity contribution >= 4 is 75.3 Å². The second-order valence-electron chi connectivity index (χ2n) is 16.0. The van der Waals surface area contributed by atoms with E-state index in [0.717, 1.165) is 17.1 Å². The minimum Gasteiger partial charge on any atom is -0.494 e. The zero-order chi connectivity index (χ0) is 49.7. The summed E-state index contributed by atoms with van der Waals surface area (Å²) in [6.07, 6.45) is 7.94. The van der Waals surface area contributed by atoms with Crippen molar-refractivity contribution in [1.29, 1.82) is 0 Å². The zero-order valence-electron chi connectivity index (χ0n) is 38.9. The van der Waals surface area contributed by atoms with Crippen molar-refractivity contribution in [2.75, 3.05) is 44.5 Å². The standard InChI is InChI=1S/C46H52N14O9/c1-7-56-25-27(4)49-42(56)44(67)53-46-51-31-22-29(41(48)65)24-34(69-19-11-15-55(5)35(61)14-18-57-36(62)12-13-37(57)63)39(31)59(46)17-10-9-16-58-38-30(21-28(40(47)64)23-33(38)68-6)50-45(58)52-43(66)32-20-26(3)54-60(32)8-2/h9-10,12-13,20-25H,7-8,11,14-19H2,1-6H3,(H2,47,64)(H2,48,65)(H,50,52,66)(H,51,53,67)/b10-9+. The van der Waals surface area contributed by atoms with Crippen molar-refractivity contribution in [3.63, 3.8) is 0 Å². The molecule has 0 aliphatic carbocycles. The van der Waals surface area contributed by atoms with E-state index in [1.165, 1.54) is 36.3 Å². The number of carbonyl (C=O) groups is 7. The molecule has 0 unspecified atom stereocenters. The lowest BCUT2D eigenvalue weighted by molar-refractivity contribution is -0.138. The maximum atomic E-state index is 13.9. The van der Waals surface area contributed by atoms with Crippen LogP contribution in [0.15, 0.2) is 60.8 Å². The van der Waals surface area contributed by atoms with Crippen molar-refractivity contribution in [1.82, 2.24) is 48.2 Å². The summed E-state index contributed by atoms with van der Waals surface area (Å²) < 4.78 is 18.6. The summed E-state index contributed by atoms with van der Waals surface area (Å²) in [4.78, 5) is 106. The molecule has 23 heteroatoms. The molecule has 0 spiro atoms. The van der Waals surface area contributed by atoms with E-state index in [0.29, 0.717) is 53.1 Å². The number of benzene rings is 2. The smallest absolute Gasteiger partial charge is 0.293 e. The highest BCUT2D eigenvalue weighted by Crippen LogP contribution is 2.33. The number of methoxy groups -OCH3 is 1. The van der Waals surface area contributed by atoms with Gasteiger partial charge in [0.25, 0.3) is 23.6 Å². The van der Waals surface area contributed by atoms with Crippen LogP contribution in [0.1, 0.15) is 79.9 Å². The Labute approximate surface area is 394 Å². The highest BCUT2D eigenvalue weighted by Gasteiger charge is 2.26. The number of nitrogens with one attached hydrogen (secondary N) is 2. The van der Waals surface area contributed by atoms with Gasteiger partial charge in [0, 0.05) is 82.2 Å². The highest BCUT2D eigenvalue weighted by molar-refractivity contribution is 6.13. The fraction of sp³-hybridized carbons (Fsp3) is 0.326. The Morgan fingerprint density at radius 1 is 0.768 bits per heavy atom. The van der Waals surface area contributed by atoms with Crippen LogP contribution in [-0.4, -0.2) is 123 Å². The molecular formula is C46H52N14O9. The lowest BCUT2D eigenvalue weighted by Crippen LogP contribution is -2.36. The first-order valence-electron chi connectivity index (χ1n) is 22.0. The molecule has 69 heavy (non-hydrogen) atoms. The van der Waals surface area contributed by atoms with Gasteiger partial charge >= 0.3 is 0 Å². The van der Waals surface area contributed by atoms with Gasteiger partial charge in [0.1, 0.15) is 28.2 Å². The van der Waals surface area contributed by atoms with Crippen LogP contribution in [0.25, 0.3) is 22.1 Å². The van der Waals surface area contributed by atoms with E-state index < -0.39 is 35.4 Å². The number of ether oxygens (including phenoxy) is 2. The van der Waals surface area contributed by atoms with Crippen molar-refractivity contribution in [3.8, 4) is 11.5 Å². The van der Waals surface area contributed by atoms with Gasteiger partial charge in [-0.15, -0.1) is 0 Å². The third kappa shape index (κ3) is 10.4. The number of nitrogens with two attached hydrogens (primary N) is 2. The third-order valence-corrected chi connectivity index (χ3v) is 11.2. The van der Waals surface area contributed by atoms with Gasteiger partial charge in [-0.05, 0) is 64.4 Å². The molecule has 1 aliphatic rings. The second kappa shape index (κ2) is 20.5. The summed E-state index contributed by atoms with van der Waals surface area (Å²) in [5, 5.41) is 10.2. The van der Waals surface area contributed by atoms with Crippen LogP contribution in [-0.2, 0) is 40.6 Å². The molecule has 0 saturated heterocycles. The van der Waals surface area contributed by atoms with Crippen LogP contribution in [0, 0.1) is 13.8 Å². The number of nitrogens with zero attached hydrogens (tertiary/aromatic N) is 10. The normalized spacial score (nSPS) is 12.5. The number of aryl methyl sites for hydroxylation is 4. The van der Waals surface area contributed by atoms with Crippen molar-refractivity contribution in [2.45, 2.75) is 66.7 Å². The van der Waals surface area contributed by atoms with E-state index >= 15 is 0 Å². The average molecular weight is 945 g/mol. The lowest BCUT2D eigenvalue weighted by atomic mass is 10.1. The fourth-order valence-electron chi connectivity index (χ4n) is 7.84. The molecule has 7 amide bonds. The van der Waals surface area contributed by atoms with Gasteiger partial charge < -0.3 is 39.5 Å². The number of rotatable bonds is 21. The molecule has 360 valence electrons. The van der Waals surface area contributed by atoms with Crippen LogP contribution >= 0.6 is 0 Å². The van der Waals surface area contributed by atoms with Gasteiger partial charge in [-0.25, -0.2) is 15.0 Å². The molecule has 0 atom stereocenters. The molecule has 5 heterocycles. The van der Waals surface area contributed by atoms with Crippen LogP contribution in [0.2, 0.25) is 0 Å². The first kappa shape index (κ1) is 48.3. The van der Waals surface area contributed by atoms with Gasteiger partial charge in [0.05, 0.1) is 36.1 Å². The number of imidazole rings is 3. The van der Waals surface area contributed by atoms with Gasteiger partial charge in [0.2, 0.25) is 29.6 Å². The SMILES string of the molecule is CCn1cc(C)nc1C(=O)Nc1nc2cc(C(N)=O)cc(OCCCN(C)C(=O)CCN3C(=O)C=CC3=O)c2n1C/C=C/Cn1c(NC(=O)c2cc(C)nn2CC)nc2cc(C(N)=O)cc(OC)c21. The van der Waals surface area contributed by atoms with E-state index in [4.69, 9.17) is 25.9 Å². The van der Waals surface area contributed by atoms with Crippen molar-refractivity contribution in [2.24, 2.45) is 11.5 Å². The van der Waals surface area contributed by atoms with E-state index in [2.05, 4.69) is 25.7 Å². The van der Waals surface area contributed by atoms with E-state index in [1.54, 1.807) is 63.7 Å². The molecule has 6 N–H and O–H groups in total. The quantitative estimate of drug-likeness (QED) is 0.0459. The number of hydrogen-bond donors (Lipinski definition) is 4. The predicted molar refractivity (Wildman–Crippen MR) is 252 cm³/mol. The molecule has 23 nitrogen and oxygen atoms in total. The number of primary amides is 2. The molecule has 0 bridgehead atoms. The number of allylic oxidation sites excluding steroid dienone is 2. The first-order valence-corrected chi connectivity index (χ1v) is 22.0. The lowest BCUT2D eigenvalue weighted by Gasteiger charge is -2.19. The van der Waals surface area contributed by atoms with Crippen molar-refractivity contribution in [3.05, 3.63) is 94.9 Å². The zero-order valence-corrected chi connectivity index (χ0v) is 38.9. The Hall–Kier alpha value is -8.63. The number of aromatic nitrogens is 8. The first-order chi connectivity index (χ1) is 33.0. The molecule has 4 aromatic heterocycles. The molecule has 0 radical (unpaired) electrons. The Kier molecular flexibility index (Phi) is 14.3. The molecule has 2 aromatic carbocycles. The summed E-state index contributed by atoms with van der Waals surface area (Å²) in [5.41, 5.74) is 14.7. The Morgan fingerprint density at radius 2 is 1.35 bits per heavy atom. The molecular weight excluding hydrogens is 893 g/mol. The number of hydrogen-bond acceptors (Lipinski definition) is 13. The Morgan fingerprint density at radius 3 is 1.91 bits per heavy atom. The fourth-order valence-corrected chi connectivity index (χ4v) is 7.84. The van der Waals surface area contributed by atoms with Crippen LogP contribution in [0.4, 0.5) is 11.9 Å². The van der Waals surface area contributed by atoms with Crippen LogP contribution in [0.5, 0.6) is 11.5 Å². The largest absolute Gasteiger partial charge is 0.494 e. The summed E-state index contributed by atoms with van der Waals surface area (Å²) >= 11 is 0. The number of imide groups is 1. The van der Waals surface area contributed by atoms with E-state index in [1.807, 2.05) is 13.8 Å². The molecule has 7 rings (SSSR count). The van der Waals surface area contributed by atoms with Gasteiger partial charge in [-0.1, -0.05) is 12.2 Å². The Bertz CT molecular complexity index is 3080. The van der Waals surface area contributed by atoms with Gasteiger partial charge in [0.15, 0.2) is 5.82 Å². The number of fused-ring (bicyclic) bond motifs is 2. The average Bonchev–Trinajstić information content (AvgIpc) is 4.14. The number of anilines is 2. The highest BCUT2D eigenvalue weighted by atomic mass is 16.5. The number of carbonyl (C=O) groups excluding carboxylic acids is 7. The Balaban J connectivity index is 1.20. The van der Waals surface area contributed by atoms with Gasteiger partial charge in [-0.3, -0.25) is 53.8 Å². The number of amides is 7. The van der Waals surface area contributed by atoms with Crippen LogP contribution < -0.4 is 31.6 Å². The minimum absolute atomic E-state index is 0.0476. The predicted octanol–water partition coefficient (Wildman–Crippen LogP) is 2.95. The van der Waals surface area contributed by atoms with E-state index in [9.17, 15) is 33.6 Å². The van der Waals surface area contributed by atoms with Gasteiger partial charge in [-0.2, -0.15) is 5.10 Å². The second-order valence-corrected chi connectivity index (χ2v) is 16.0. The summed E-state index contributed by atoms with van der Waals surface area (Å²) in [7, 11) is 3.04. The summed E-state index contributed by atoms with van der Waals surface area (Å²) in [6.45, 7) is 8.67. The molecule has 1 aliphatic heterocycles.